The number of methoxy groups -OCH3 is 2. The Morgan fingerprint density at radius 3 is 1.88 bits per heavy atom. The van der Waals surface area contributed by atoms with Crippen LogP contribution in [0.1, 0.15) is 24.2 Å². The number of amides is 2. The van der Waals surface area contributed by atoms with E-state index in [2.05, 4.69) is 4.84 Å². The number of hydrogen-bond donors (Lipinski definition) is 1. The zero-order valence-electron chi connectivity index (χ0n) is 22.6. The number of rotatable bonds is 5. The minimum atomic E-state index is -4.94. The van der Waals surface area contributed by atoms with E-state index >= 15 is 0 Å². The molecule has 41 heavy (non-hydrogen) atoms. The number of carbonyl (C=O) groups excluding carboxylic acids is 3. The number of hydroxylamine groups is 2. The summed E-state index contributed by atoms with van der Waals surface area (Å²) in [7, 11) is 2.89. The van der Waals surface area contributed by atoms with Gasteiger partial charge >= 0.3 is 78.8 Å². The van der Waals surface area contributed by atoms with Crippen molar-refractivity contribution in [2.24, 2.45) is 0 Å². The van der Waals surface area contributed by atoms with Gasteiger partial charge in [-0.2, -0.15) is 15.0 Å². The van der Waals surface area contributed by atoms with E-state index in [1.54, 1.807) is 24.3 Å². The van der Waals surface area contributed by atoms with Crippen LogP contribution < -0.4 is 19.6 Å². The number of ether oxygens (including phenoxy) is 2. The fraction of sp³-hybridized carbons (Fsp3) is 0.222. The molecule has 0 bridgehead atoms. The topological polar surface area (TPSA) is 115 Å². The third-order valence-corrected chi connectivity index (χ3v) is 8.57. The number of benzene rings is 3. The molecule has 0 unspecified atom stereocenters. The minimum Gasteiger partial charge on any atom is -0.497 e. The van der Waals surface area contributed by atoms with Gasteiger partial charge in [0.1, 0.15) is 11.5 Å². The smallest absolute Gasteiger partial charge is 0.497 e. The number of nitrogens with zero attached hydrogens (tertiary/aromatic N) is 2. The van der Waals surface area contributed by atoms with E-state index in [1.165, 1.54) is 45.4 Å². The first-order valence-electron chi connectivity index (χ1n) is 11.5. The monoisotopic (exact) mass is 692 g/mol. The molecule has 4 rings (SSSR count). The van der Waals surface area contributed by atoms with Crippen molar-refractivity contribution in [3.63, 3.8) is 0 Å². The second-order valence-electron chi connectivity index (χ2n) is 7.85. The maximum Gasteiger partial charge on any atom is 0.544 e. The van der Waals surface area contributed by atoms with Crippen molar-refractivity contribution in [3.8, 4) is 11.5 Å². The molecule has 0 aromatic heterocycles. The molecule has 14 heteroatoms. The van der Waals surface area contributed by atoms with Crippen molar-refractivity contribution in [2.75, 3.05) is 29.3 Å². The minimum absolute atomic E-state index is 0.0609. The zero-order chi connectivity index (χ0) is 30.7. The van der Waals surface area contributed by atoms with Gasteiger partial charge in [0.2, 0.25) is 11.8 Å². The molecule has 0 radical (unpaired) electrons. The Balaban J connectivity index is 0.000000220. The molecule has 2 amide bonds. The second kappa shape index (κ2) is 15.2. The van der Waals surface area contributed by atoms with Crippen LogP contribution in [0.5, 0.6) is 11.5 Å². The standard InChI is InChI=1S/C10H10F3NO3.C9H11NO3.C8H7IO2/c1-7(15)14(17-10(11,12)13)8-4-3-5-9(6-8)16-2;1-7(11)10(12)8-4-3-5-9(6-8)13-2;1-9-7-5-3-2-4-6(7)8(10)11-9/h3-6H,1-2H3;3-6,12H,1-2H3;2-5H,1H3. The van der Waals surface area contributed by atoms with E-state index in [0.717, 1.165) is 16.1 Å². The average molecular weight is 692 g/mol. The summed E-state index contributed by atoms with van der Waals surface area (Å²) in [6.07, 6.45) is -4.94. The van der Waals surface area contributed by atoms with E-state index in [4.69, 9.17) is 12.5 Å². The van der Waals surface area contributed by atoms with Crippen LogP contribution in [-0.4, -0.2) is 48.5 Å². The molecule has 0 aliphatic carbocycles. The summed E-state index contributed by atoms with van der Waals surface area (Å²) in [5.74, 6) is -0.547. The SMILES string of the molecule is CI1OC(=O)c2ccccc21.COc1cccc(N(O)C(C)=O)c1.COc1cccc(N(OC(F)(F)F)C(C)=O)c1. The summed E-state index contributed by atoms with van der Waals surface area (Å²) in [5, 5.41) is 9.97. The number of fused-ring (bicyclic) bond motifs is 1. The van der Waals surface area contributed by atoms with Crippen LogP contribution in [0.2, 0.25) is 0 Å². The Kier molecular flexibility index (Phi) is 12.4. The summed E-state index contributed by atoms with van der Waals surface area (Å²) in [4.78, 5) is 38.6. The van der Waals surface area contributed by atoms with Gasteiger partial charge < -0.3 is 9.47 Å². The van der Waals surface area contributed by atoms with Gasteiger partial charge in [-0.15, -0.1) is 13.2 Å². The molecule has 1 heterocycles. The third kappa shape index (κ3) is 10.2. The van der Waals surface area contributed by atoms with Crippen LogP contribution in [-0.2, 0) is 17.5 Å². The van der Waals surface area contributed by atoms with Gasteiger partial charge in [-0.25, -0.2) is 0 Å². The number of carbonyl (C=O) groups is 3. The molecule has 0 fully saturated rings. The molecule has 10 nitrogen and oxygen atoms in total. The molecule has 1 aliphatic rings. The van der Waals surface area contributed by atoms with Crippen molar-refractivity contribution >= 4 is 49.4 Å². The van der Waals surface area contributed by atoms with Crippen LogP contribution >= 0.6 is 20.2 Å². The maximum absolute atomic E-state index is 12.1. The Labute approximate surface area is 242 Å². The van der Waals surface area contributed by atoms with Gasteiger partial charge in [-0.3, -0.25) is 14.8 Å². The van der Waals surface area contributed by atoms with E-state index in [9.17, 15) is 32.8 Å². The molecule has 0 saturated carbocycles. The average Bonchev–Trinajstić information content (AvgIpc) is 3.24. The first-order valence-corrected chi connectivity index (χ1v) is 15.6. The predicted octanol–water partition coefficient (Wildman–Crippen LogP) is 6.01. The van der Waals surface area contributed by atoms with Crippen LogP contribution in [0.15, 0.2) is 72.8 Å². The molecule has 3 aromatic rings. The van der Waals surface area contributed by atoms with Gasteiger partial charge in [0.25, 0.3) is 0 Å². The largest absolute Gasteiger partial charge is 0.544 e. The van der Waals surface area contributed by atoms with Crippen LogP contribution in [0.3, 0.4) is 0 Å². The quantitative estimate of drug-likeness (QED) is 0.150. The molecule has 0 atom stereocenters. The van der Waals surface area contributed by atoms with Crippen LogP contribution in [0.25, 0.3) is 0 Å². The van der Waals surface area contributed by atoms with Crippen molar-refractivity contribution < 1.29 is 50.1 Å². The normalized spacial score (nSPS) is 12.4. The Hall–Kier alpha value is -3.89. The summed E-state index contributed by atoms with van der Waals surface area (Å²) < 4.78 is 52.3. The fourth-order valence-corrected chi connectivity index (χ4v) is 6.12. The summed E-state index contributed by atoms with van der Waals surface area (Å²) in [6.45, 7) is 2.24. The van der Waals surface area contributed by atoms with E-state index in [1.807, 2.05) is 29.2 Å². The molecule has 1 aliphatic heterocycles. The first kappa shape index (κ1) is 33.3. The van der Waals surface area contributed by atoms with Gasteiger partial charge in [0.15, 0.2) is 0 Å². The molecule has 0 saturated heterocycles. The first-order chi connectivity index (χ1) is 19.3. The Bertz CT molecular complexity index is 1360. The molecule has 3 aromatic carbocycles. The van der Waals surface area contributed by atoms with Gasteiger partial charge in [-0.05, 0) is 24.3 Å². The summed E-state index contributed by atoms with van der Waals surface area (Å²) in [6, 6.07) is 19.8. The Morgan fingerprint density at radius 1 is 0.854 bits per heavy atom. The van der Waals surface area contributed by atoms with Gasteiger partial charge in [0.05, 0.1) is 25.6 Å². The van der Waals surface area contributed by atoms with Crippen molar-refractivity contribution in [1.29, 1.82) is 0 Å². The van der Waals surface area contributed by atoms with Crippen molar-refractivity contribution in [3.05, 3.63) is 81.9 Å². The molecule has 222 valence electrons. The van der Waals surface area contributed by atoms with Crippen molar-refractivity contribution in [2.45, 2.75) is 20.2 Å². The zero-order valence-corrected chi connectivity index (χ0v) is 24.8. The van der Waals surface area contributed by atoms with Gasteiger partial charge in [0, 0.05) is 26.0 Å². The molecular formula is C27H28F3IN2O8. The molecular weight excluding hydrogens is 664 g/mol. The molecule has 1 N–H and O–H groups in total. The number of halogens is 4. The summed E-state index contributed by atoms with van der Waals surface area (Å²) in [5.41, 5.74) is 1.11. The van der Waals surface area contributed by atoms with E-state index in [-0.39, 0.29) is 16.7 Å². The maximum atomic E-state index is 12.1. The van der Waals surface area contributed by atoms with E-state index in [0.29, 0.717) is 22.2 Å². The number of hydrogen-bond acceptors (Lipinski definition) is 8. The number of alkyl halides is 4. The predicted molar refractivity (Wildman–Crippen MR) is 152 cm³/mol. The van der Waals surface area contributed by atoms with Crippen LogP contribution in [0, 0.1) is 3.57 Å². The summed E-state index contributed by atoms with van der Waals surface area (Å²) >= 11 is -1.52. The van der Waals surface area contributed by atoms with Crippen LogP contribution in [0.4, 0.5) is 24.5 Å². The van der Waals surface area contributed by atoms with E-state index < -0.39 is 38.4 Å². The third-order valence-electron chi connectivity index (χ3n) is 4.93. The Morgan fingerprint density at radius 2 is 1.39 bits per heavy atom. The molecule has 0 spiro atoms. The van der Waals surface area contributed by atoms with Crippen molar-refractivity contribution in [1.82, 2.24) is 0 Å². The fourth-order valence-electron chi connectivity index (χ4n) is 3.11. The van der Waals surface area contributed by atoms with Gasteiger partial charge in [-0.1, -0.05) is 12.1 Å². The number of anilines is 2. The second-order valence-corrected chi connectivity index (χ2v) is 11.9.